The van der Waals surface area contributed by atoms with E-state index in [1.54, 1.807) is 18.4 Å². The van der Waals surface area contributed by atoms with E-state index in [9.17, 15) is 4.79 Å². The molecule has 2 aromatic rings. The monoisotopic (exact) mass is 360 g/mol. The van der Waals surface area contributed by atoms with Gasteiger partial charge in [0.1, 0.15) is 5.75 Å². The highest BCUT2D eigenvalue weighted by molar-refractivity contribution is 7.09. The van der Waals surface area contributed by atoms with Crippen molar-refractivity contribution in [3.63, 3.8) is 0 Å². The van der Waals surface area contributed by atoms with E-state index in [0.717, 1.165) is 28.4 Å². The zero-order valence-corrected chi connectivity index (χ0v) is 16.6. The standard InChI is InChI=1S/C20H28N2O2S/c1-13(2)18(16-6-7-19(24-5)14(3)10-16)11-20(23)21-9-8-17-12-25-15(4)22-17/h6-7,10,12-13,18H,8-9,11H2,1-5H3,(H,21,23). The number of nitrogens with zero attached hydrogens (tertiary/aromatic N) is 1. The number of hydrogen-bond donors (Lipinski definition) is 1. The van der Waals surface area contributed by atoms with Crippen molar-refractivity contribution in [2.75, 3.05) is 13.7 Å². The van der Waals surface area contributed by atoms with E-state index in [1.807, 2.05) is 19.9 Å². The molecule has 0 saturated heterocycles. The molecule has 1 aromatic carbocycles. The molecule has 1 unspecified atom stereocenters. The molecule has 136 valence electrons. The Morgan fingerprint density at radius 3 is 2.64 bits per heavy atom. The zero-order chi connectivity index (χ0) is 18.4. The number of aryl methyl sites for hydroxylation is 2. The molecule has 1 atom stereocenters. The Bertz CT molecular complexity index is 709. The van der Waals surface area contributed by atoms with Crippen LogP contribution in [0.5, 0.6) is 5.75 Å². The summed E-state index contributed by atoms with van der Waals surface area (Å²) in [5, 5.41) is 6.15. The van der Waals surface area contributed by atoms with Crippen LogP contribution in [0.1, 0.15) is 48.0 Å². The number of benzene rings is 1. The largest absolute Gasteiger partial charge is 0.496 e. The predicted molar refractivity (Wildman–Crippen MR) is 103 cm³/mol. The maximum Gasteiger partial charge on any atom is 0.220 e. The van der Waals surface area contributed by atoms with Crippen molar-refractivity contribution < 1.29 is 9.53 Å². The van der Waals surface area contributed by atoms with Crippen molar-refractivity contribution >= 4 is 17.2 Å². The first kappa shape index (κ1) is 19.4. The van der Waals surface area contributed by atoms with E-state index in [4.69, 9.17) is 4.74 Å². The molecule has 0 aliphatic rings. The van der Waals surface area contributed by atoms with Gasteiger partial charge >= 0.3 is 0 Å². The number of amides is 1. The second-order valence-electron chi connectivity index (χ2n) is 6.74. The Morgan fingerprint density at radius 1 is 1.32 bits per heavy atom. The van der Waals surface area contributed by atoms with Gasteiger partial charge in [-0.05, 0) is 42.9 Å². The van der Waals surface area contributed by atoms with Crippen molar-refractivity contribution in [2.24, 2.45) is 5.92 Å². The van der Waals surface area contributed by atoms with E-state index < -0.39 is 0 Å². The molecule has 0 aliphatic heterocycles. The highest BCUT2D eigenvalue weighted by atomic mass is 32.1. The molecule has 1 amide bonds. The van der Waals surface area contributed by atoms with Gasteiger partial charge in [0.2, 0.25) is 5.91 Å². The van der Waals surface area contributed by atoms with Crippen LogP contribution in [0.15, 0.2) is 23.6 Å². The molecule has 0 radical (unpaired) electrons. The van der Waals surface area contributed by atoms with E-state index in [-0.39, 0.29) is 11.8 Å². The van der Waals surface area contributed by atoms with Gasteiger partial charge in [0, 0.05) is 24.8 Å². The third-order valence-electron chi connectivity index (χ3n) is 4.43. The average Bonchev–Trinajstić information content (AvgIpc) is 2.97. The Labute approximate surface area is 154 Å². The highest BCUT2D eigenvalue weighted by Crippen LogP contribution is 2.31. The number of carbonyl (C=O) groups is 1. The molecule has 0 bridgehead atoms. The number of ether oxygens (including phenoxy) is 1. The van der Waals surface area contributed by atoms with Gasteiger partial charge in [-0.25, -0.2) is 4.98 Å². The summed E-state index contributed by atoms with van der Waals surface area (Å²) in [4.78, 5) is 16.8. The van der Waals surface area contributed by atoms with Gasteiger partial charge in [0.25, 0.3) is 0 Å². The van der Waals surface area contributed by atoms with E-state index in [2.05, 4.69) is 41.7 Å². The Morgan fingerprint density at radius 2 is 2.08 bits per heavy atom. The molecule has 0 fully saturated rings. The molecule has 1 N–H and O–H groups in total. The van der Waals surface area contributed by atoms with Gasteiger partial charge in [-0.2, -0.15) is 0 Å². The normalized spacial score (nSPS) is 12.2. The number of nitrogens with one attached hydrogen (secondary N) is 1. The number of carbonyl (C=O) groups excluding carboxylic acids is 1. The van der Waals surface area contributed by atoms with Crippen molar-refractivity contribution in [2.45, 2.75) is 46.5 Å². The SMILES string of the molecule is COc1ccc(C(CC(=O)NCCc2csc(C)n2)C(C)C)cc1C. The maximum atomic E-state index is 12.4. The van der Waals surface area contributed by atoms with Crippen molar-refractivity contribution in [1.82, 2.24) is 10.3 Å². The van der Waals surface area contributed by atoms with Crippen LogP contribution in [0.2, 0.25) is 0 Å². The van der Waals surface area contributed by atoms with E-state index >= 15 is 0 Å². The molecule has 1 aromatic heterocycles. The number of rotatable bonds is 8. The van der Waals surface area contributed by atoms with Gasteiger partial charge in [-0.3, -0.25) is 4.79 Å². The first-order chi connectivity index (χ1) is 11.9. The summed E-state index contributed by atoms with van der Waals surface area (Å²) in [7, 11) is 1.68. The molecule has 0 spiro atoms. The molecule has 25 heavy (non-hydrogen) atoms. The van der Waals surface area contributed by atoms with Crippen LogP contribution in [-0.4, -0.2) is 24.5 Å². The fourth-order valence-electron chi connectivity index (χ4n) is 3.00. The van der Waals surface area contributed by atoms with Crippen molar-refractivity contribution in [3.05, 3.63) is 45.4 Å². The molecular weight excluding hydrogens is 332 g/mol. The summed E-state index contributed by atoms with van der Waals surface area (Å²) >= 11 is 1.65. The summed E-state index contributed by atoms with van der Waals surface area (Å²) in [6, 6.07) is 6.19. The van der Waals surface area contributed by atoms with Crippen LogP contribution in [-0.2, 0) is 11.2 Å². The lowest BCUT2D eigenvalue weighted by molar-refractivity contribution is -0.121. The van der Waals surface area contributed by atoms with E-state index in [1.165, 1.54) is 5.56 Å². The quantitative estimate of drug-likeness (QED) is 0.765. The Balaban J connectivity index is 1.93. The lowest BCUT2D eigenvalue weighted by Gasteiger charge is -2.22. The second-order valence-corrected chi connectivity index (χ2v) is 7.80. The van der Waals surface area contributed by atoms with Crippen molar-refractivity contribution in [3.8, 4) is 5.75 Å². The maximum absolute atomic E-state index is 12.4. The van der Waals surface area contributed by atoms with Crippen LogP contribution < -0.4 is 10.1 Å². The Hall–Kier alpha value is -1.88. The van der Waals surface area contributed by atoms with Crippen LogP contribution >= 0.6 is 11.3 Å². The summed E-state index contributed by atoms with van der Waals surface area (Å²) in [6.07, 6.45) is 1.28. The smallest absolute Gasteiger partial charge is 0.220 e. The van der Waals surface area contributed by atoms with Gasteiger partial charge in [-0.1, -0.05) is 26.0 Å². The number of thiazole rings is 1. The lowest BCUT2D eigenvalue weighted by Crippen LogP contribution is -2.28. The predicted octanol–water partition coefficient (Wildman–Crippen LogP) is 4.26. The van der Waals surface area contributed by atoms with Gasteiger partial charge in [0.05, 0.1) is 17.8 Å². The molecule has 0 saturated carbocycles. The molecule has 1 heterocycles. The van der Waals surface area contributed by atoms with Crippen LogP contribution in [0.4, 0.5) is 0 Å². The van der Waals surface area contributed by atoms with Crippen molar-refractivity contribution in [1.29, 1.82) is 0 Å². The molecule has 5 heteroatoms. The fraction of sp³-hybridized carbons (Fsp3) is 0.500. The highest BCUT2D eigenvalue weighted by Gasteiger charge is 2.20. The molecule has 4 nitrogen and oxygen atoms in total. The number of hydrogen-bond acceptors (Lipinski definition) is 4. The minimum Gasteiger partial charge on any atom is -0.496 e. The summed E-state index contributed by atoms with van der Waals surface area (Å²) in [6.45, 7) is 8.99. The summed E-state index contributed by atoms with van der Waals surface area (Å²) < 4.78 is 5.33. The third kappa shape index (κ3) is 5.56. The fourth-order valence-corrected chi connectivity index (χ4v) is 3.64. The first-order valence-electron chi connectivity index (χ1n) is 8.73. The van der Waals surface area contributed by atoms with Gasteiger partial charge in [0.15, 0.2) is 0 Å². The summed E-state index contributed by atoms with van der Waals surface area (Å²) in [5.41, 5.74) is 3.34. The Kier molecular flexibility index (Phi) is 7.00. The van der Waals surface area contributed by atoms with E-state index in [0.29, 0.717) is 18.9 Å². The van der Waals surface area contributed by atoms with Gasteiger partial charge < -0.3 is 10.1 Å². The minimum atomic E-state index is 0.0964. The average molecular weight is 361 g/mol. The first-order valence-corrected chi connectivity index (χ1v) is 9.61. The second kappa shape index (κ2) is 8.99. The zero-order valence-electron chi connectivity index (χ0n) is 15.8. The topological polar surface area (TPSA) is 51.2 Å². The minimum absolute atomic E-state index is 0.0964. The van der Waals surface area contributed by atoms with Gasteiger partial charge in [-0.15, -0.1) is 11.3 Å². The number of methoxy groups -OCH3 is 1. The lowest BCUT2D eigenvalue weighted by atomic mass is 9.85. The third-order valence-corrected chi connectivity index (χ3v) is 5.25. The van der Waals surface area contributed by atoms with Crippen LogP contribution in [0.3, 0.4) is 0 Å². The molecule has 0 aliphatic carbocycles. The number of aromatic nitrogens is 1. The molecule has 2 rings (SSSR count). The van der Waals surface area contributed by atoms with Crippen LogP contribution in [0.25, 0.3) is 0 Å². The molecular formula is C20H28N2O2S. The summed E-state index contributed by atoms with van der Waals surface area (Å²) in [5.74, 6) is 1.57. The van der Waals surface area contributed by atoms with Crippen LogP contribution in [0, 0.1) is 19.8 Å².